The third kappa shape index (κ3) is 4.23. The molecule has 7 heteroatoms. The van der Waals surface area contributed by atoms with Gasteiger partial charge >= 0.3 is 6.18 Å². The summed E-state index contributed by atoms with van der Waals surface area (Å²) in [6, 6.07) is 5.39. The smallest absolute Gasteiger partial charge is 0.371 e. The minimum atomic E-state index is -4.33. The average molecular weight is 383 g/mol. The Kier molecular flexibility index (Phi) is 5.70. The van der Waals surface area contributed by atoms with Crippen molar-refractivity contribution in [2.45, 2.75) is 44.9 Å². The molecule has 1 heterocycles. The van der Waals surface area contributed by atoms with E-state index < -0.39 is 11.7 Å². The fourth-order valence-electron chi connectivity index (χ4n) is 4.57. The van der Waals surface area contributed by atoms with E-state index in [4.69, 9.17) is 0 Å². The molecule has 2 N–H and O–H groups in total. The Bertz CT molecular complexity index is 677. The van der Waals surface area contributed by atoms with Gasteiger partial charge in [0.05, 0.1) is 11.6 Å². The molecule has 3 rings (SSSR count). The van der Waals surface area contributed by atoms with E-state index in [-0.39, 0.29) is 29.8 Å². The van der Waals surface area contributed by atoms with Crippen LogP contribution in [0, 0.1) is 17.8 Å². The molecule has 1 amide bonds. The van der Waals surface area contributed by atoms with E-state index in [2.05, 4.69) is 10.6 Å². The number of nitrogens with one attached hydrogen (secondary N) is 2. The summed E-state index contributed by atoms with van der Waals surface area (Å²) in [6.07, 6.45) is -2.40. The van der Waals surface area contributed by atoms with Crippen LogP contribution < -0.4 is 15.5 Å². The lowest BCUT2D eigenvalue weighted by Crippen LogP contribution is -2.50. The van der Waals surface area contributed by atoms with Gasteiger partial charge in [-0.3, -0.25) is 4.79 Å². The van der Waals surface area contributed by atoms with Gasteiger partial charge in [0.1, 0.15) is 0 Å². The van der Waals surface area contributed by atoms with Gasteiger partial charge in [-0.15, -0.1) is 0 Å². The van der Waals surface area contributed by atoms with Crippen LogP contribution in [-0.2, 0) is 11.0 Å². The zero-order chi connectivity index (χ0) is 19.8. The van der Waals surface area contributed by atoms with Gasteiger partial charge < -0.3 is 15.5 Å². The summed E-state index contributed by atoms with van der Waals surface area (Å²) in [5.41, 5.74) is -0.00436. The molecule has 0 radical (unpaired) electrons. The number of hydrogen-bond donors (Lipinski definition) is 2. The normalized spacial score (nSPS) is 26.3. The molecule has 1 aromatic rings. The first-order valence-corrected chi connectivity index (χ1v) is 9.60. The second-order valence-electron chi connectivity index (χ2n) is 8.08. The van der Waals surface area contributed by atoms with E-state index in [1.54, 1.807) is 13.1 Å². The fraction of sp³-hybridized carbons (Fsp3) is 0.650. The van der Waals surface area contributed by atoms with Crippen molar-refractivity contribution in [2.24, 2.45) is 17.8 Å². The molecular weight excluding hydrogens is 355 g/mol. The zero-order valence-corrected chi connectivity index (χ0v) is 16.0. The van der Waals surface area contributed by atoms with E-state index in [0.29, 0.717) is 18.2 Å². The van der Waals surface area contributed by atoms with Crippen LogP contribution in [0.25, 0.3) is 0 Å². The predicted octanol–water partition coefficient (Wildman–Crippen LogP) is 3.28. The number of likely N-dealkylation sites (N-methyl/N-ethyl adjacent to an activating group) is 1. The number of hydrogen-bond acceptors (Lipinski definition) is 3. The highest BCUT2D eigenvalue weighted by Gasteiger charge is 2.44. The number of alkyl halides is 3. The highest BCUT2D eigenvalue weighted by Crippen LogP contribution is 2.41. The highest BCUT2D eigenvalue weighted by molar-refractivity contribution is 5.82. The number of anilines is 1. The largest absolute Gasteiger partial charge is 0.416 e. The molecule has 0 spiro atoms. The van der Waals surface area contributed by atoms with Crippen molar-refractivity contribution < 1.29 is 18.0 Å². The zero-order valence-electron chi connectivity index (χ0n) is 16.0. The van der Waals surface area contributed by atoms with Crippen molar-refractivity contribution in [3.63, 3.8) is 0 Å². The number of carbonyl (C=O) groups excluding carboxylic acids is 1. The first-order valence-electron chi connectivity index (χ1n) is 9.60. The van der Waals surface area contributed by atoms with Crippen LogP contribution in [0.1, 0.15) is 32.3 Å². The molecule has 0 unspecified atom stereocenters. The Morgan fingerprint density at radius 3 is 2.59 bits per heavy atom. The van der Waals surface area contributed by atoms with E-state index in [0.717, 1.165) is 25.5 Å². The molecule has 2 fully saturated rings. The van der Waals surface area contributed by atoms with E-state index >= 15 is 0 Å². The minimum Gasteiger partial charge on any atom is -0.371 e. The molecule has 1 saturated heterocycles. The van der Waals surface area contributed by atoms with Crippen LogP contribution in [-0.4, -0.2) is 38.1 Å². The second kappa shape index (κ2) is 7.70. The second-order valence-corrected chi connectivity index (χ2v) is 8.08. The quantitative estimate of drug-likeness (QED) is 0.820. The maximum atomic E-state index is 13.0. The molecule has 1 saturated carbocycles. The molecule has 27 heavy (non-hydrogen) atoms. The summed E-state index contributed by atoms with van der Waals surface area (Å²) in [5.74, 6) is 0.901. The summed E-state index contributed by atoms with van der Waals surface area (Å²) in [7, 11) is 1.78. The van der Waals surface area contributed by atoms with Gasteiger partial charge in [-0.2, -0.15) is 13.2 Å². The van der Waals surface area contributed by atoms with Gasteiger partial charge in [0.2, 0.25) is 5.91 Å². The number of amides is 1. The predicted molar refractivity (Wildman–Crippen MR) is 99.5 cm³/mol. The van der Waals surface area contributed by atoms with Crippen LogP contribution in [0.15, 0.2) is 24.3 Å². The van der Waals surface area contributed by atoms with E-state index in [1.807, 2.05) is 18.7 Å². The number of nitrogens with zero attached hydrogens (tertiary/aromatic N) is 1. The van der Waals surface area contributed by atoms with Crippen LogP contribution in [0.4, 0.5) is 18.9 Å². The number of fused-ring (bicyclic) bond motifs is 1. The summed E-state index contributed by atoms with van der Waals surface area (Å²) in [6.45, 7) is 5.44. The molecule has 2 aliphatic rings. The minimum absolute atomic E-state index is 0.00988. The Labute approximate surface area is 158 Å². The first kappa shape index (κ1) is 20.0. The molecule has 1 aliphatic carbocycles. The maximum Gasteiger partial charge on any atom is 0.416 e. The lowest BCUT2D eigenvalue weighted by molar-refractivity contribution is -0.137. The summed E-state index contributed by atoms with van der Waals surface area (Å²) >= 11 is 0. The first-order chi connectivity index (χ1) is 12.7. The Morgan fingerprint density at radius 2 is 1.96 bits per heavy atom. The van der Waals surface area contributed by atoms with Crippen molar-refractivity contribution in [1.82, 2.24) is 10.6 Å². The summed E-state index contributed by atoms with van der Waals surface area (Å²) in [5, 5.41) is 6.24. The van der Waals surface area contributed by atoms with Crippen LogP contribution >= 0.6 is 0 Å². The summed E-state index contributed by atoms with van der Waals surface area (Å²) < 4.78 is 39.0. The van der Waals surface area contributed by atoms with Crippen LogP contribution in [0.2, 0.25) is 0 Å². The lowest BCUT2D eigenvalue weighted by Gasteiger charge is -2.26. The van der Waals surface area contributed by atoms with Crippen molar-refractivity contribution >= 4 is 11.6 Å². The molecule has 150 valence electrons. The summed E-state index contributed by atoms with van der Waals surface area (Å²) in [4.78, 5) is 14.6. The van der Waals surface area contributed by atoms with Crippen molar-refractivity contribution in [1.29, 1.82) is 0 Å². The fourth-order valence-corrected chi connectivity index (χ4v) is 4.57. The van der Waals surface area contributed by atoms with Crippen molar-refractivity contribution in [3.8, 4) is 0 Å². The Hall–Kier alpha value is -1.76. The molecule has 0 aromatic heterocycles. The number of carbonyl (C=O) groups is 1. The Morgan fingerprint density at radius 1 is 1.22 bits per heavy atom. The maximum absolute atomic E-state index is 13.0. The number of halogens is 3. The van der Waals surface area contributed by atoms with Gasteiger partial charge in [0, 0.05) is 30.7 Å². The van der Waals surface area contributed by atoms with Gasteiger partial charge in [0.15, 0.2) is 0 Å². The molecule has 1 aliphatic heterocycles. The molecule has 1 aromatic carbocycles. The van der Waals surface area contributed by atoms with E-state index in [1.165, 1.54) is 12.1 Å². The van der Waals surface area contributed by atoms with E-state index in [9.17, 15) is 18.0 Å². The SMILES string of the molecule is CN[C@H](C(=O)N[C@H]1CC[C@@H]2CN(c3cccc(C(F)(F)F)c3)C[C@@H]21)C(C)C. The van der Waals surface area contributed by atoms with Gasteiger partial charge in [-0.1, -0.05) is 19.9 Å². The highest BCUT2D eigenvalue weighted by atomic mass is 19.4. The van der Waals surface area contributed by atoms with Crippen LogP contribution in [0.3, 0.4) is 0 Å². The van der Waals surface area contributed by atoms with Gasteiger partial charge in [-0.05, 0) is 49.9 Å². The Balaban J connectivity index is 1.67. The van der Waals surface area contributed by atoms with Crippen molar-refractivity contribution in [3.05, 3.63) is 29.8 Å². The monoisotopic (exact) mass is 383 g/mol. The lowest BCUT2D eigenvalue weighted by atomic mass is 9.97. The van der Waals surface area contributed by atoms with Crippen molar-refractivity contribution in [2.75, 3.05) is 25.0 Å². The average Bonchev–Trinajstić information content (AvgIpc) is 3.16. The number of rotatable bonds is 5. The topological polar surface area (TPSA) is 44.4 Å². The van der Waals surface area contributed by atoms with Gasteiger partial charge in [-0.25, -0.2) is 0 Å². The molecule has 4 nitrogen and oxygen atoms in total. The van der Waals surface area contributed by atoms with Crippen LogP contribution in [0.5, 0.6) is 0 Å². The van der Waals surface area contributed by atoms with Gasteiger partial charge in [0.25, 0.3) is 0 Å². The standard InChI is InChI=1S/C20H28F3N3O/c1-12(2)18(24-3)19(27)25-17-8-7-13-10-26(11-16(13)17)15-6-4-5-14(9-15)20(21,22)23/h4-6,9,12-13,16-18,24H,7-8,10-11H2,1-3H3,(H,25,27)/t13-,16+,17+,18+/m1/s1. The molecule has 4 atom stereocenters. The molecule has 0 bridgehead atoms. The third-order valence-corrected chi connectivity index (χ3v) is 5.98. The molecular formula is C20H28F3N3O. The third-order valence-electron chi connectivity index (χ3n) is 5.98. The number of benzene rings is 1.